The molecule has 1 heterocycles. The zero-order chi connectivity index (χ0) is 32.0. The van der Waals surface area contributed by atoms with Crippen LogP contribution in [0, 0.1) is 0 Å². The Balaban J connectivity index is 1.30. The molecule has 0 bridgehead atoms. The van der Waals surface area contributed by atoms with Gasteiger partial charge in [0.05, 0.1) is 11.1 Å². The summed E-state index contributed by atoms with van der Waals surface area (Å²) in [6.45, 7) is 4.77. The zero-order valence-corrected chi connectivity index (χ0v) is 27.8. The predicted octanol–water partition coefficient (Wildman–Crippen LogP) is 12.5. The molecule has 228 valence electrons. The van der Waals surface area contributed by atoms with E-state index in [2.05, 4.69) is 183 Å². The van der Waals surface area contributed by atoms with Crippen molar-refractivity contribution in [1.82, 2.24) is 0 Å². The van der Waals surface area contributed by atoms with Crippen LogP contribution >= 0.6 is 11.3 Å². The fourth-order valence-electron chi connectivity index (χ4n) is 8.93. The summed E-state index contributed by atoms with van der Waals surface area (Å²) >= 11 is 1.87. The van der Waals surface area contributed by atoms with Gasteiger partial charge in [-0.25, -0.2) is 0 Å². The van der Waals surface area contributed by atoms with Crippen molar-refractivity contribution in [2.45, 2.75) is 24.7 Å². The molecule has 0 radical (unpaired) electrons. The molecule has 7 aromatic carbocycles. The lowest BCUT2D eigenvalue weighted by atomic mass is 9.55. The van der Waals surface area contributed by atoms with Gasteiger partial charge in [-0.1, -0.05) is 141 Å². The lowest BCUT2D eigenvalue weighted by Gasteiger charge is -2.46. The highest BCUT2D eigenvalue weighted by Crippen LogP contribution is 2.64. The number of hydrogen-bond donors (Lipinski definition) is 0. The van der Waals surface area contributed by atoms with Crippen molar-refractivity contribution < 1.29 is 0 Å². The molecule has 48 heavy (non-hydrogen) atoms. The van der Waals surface area contributed by atoms with Gasteiger partial charge in [-0.05, 0) is 75.3 Å². The molecule has 0 saturated carbocycles. The van der Waals surface area contributed by atoms with Gasteiger partial charge in [0.25, 0.3) is 0 Å². The Bertz CT molecular complexity index is 2500. The van der Waals surface area contributed by atoms with E-state index in [1.54, 1.807) is 0 Å². The van der Waals surface area contributed by atoms with Gasteiger partial charge in [-0.2, -0.15) is 0 Å². The van der Waals surface area contributed by atoms with Gasteiger partial charge < -0.3 is 4.90 Å². The molecule has 0 unspecified atom stereocenters. The maximum absolute atomic E-state index is 2.48. The van der Waals surface area contributed by atoms with Crippen LogP contribution < -0.4 is 4.90 Å². The largest absolute Gasteiger partial charge is 0.310 e. The van der Waals surface area contributed by atoms with Gasteiger partial charge in [0.1, 0.15) is 0 Å². The molecule has 2 aliphatic carbocycles. The summed E-state index contributed by atoms with van der Waals surface area (Å²) in [5.41, 5.74) is 13.8. The molecule has 0 amide bonds. The van der Waals surface area contributed by atoms with Crippen LogP contribution in [0.5, 0.6) is 0 Å². The van der Waals surface area contributed by atoms with Crippen molar-refractivity contribution in [2.75, 3.05) is 4.90 Å². The van der Waals surface area contributed by atoms with E-state index in [-0.39, 0.29) is 5.41 Å². The van der Waals surface area contributed by atoms with Crippen LogP contribution in [0.3, 0.4) is 0 Å². The molecule has 2 heteroatoms. The van der Waals surface area contributed by atoms with E-state index in [1.807, 2.05) is 11.3 Å². The molecule has 10 rings (SSSR count). The lowest BCUT2D eigenvalue weighted by Crippen LogP contribution is -2.40. The van der Waals surface area contributed by atoms with Crippen molar-refractivity contribution in [3.63, 3.8) is 0 Å². The van der Waals surface area contributed by atoms with Crippen molar-refractivity contribution >= 4 is 48.6 Å². The van der Waals surface area contributed by atoms with E-state index in [1.165, 1.54) is 70.4 Å². The highest BCUT2D eigenvalue weighted by Gasteiger charge is 2.53. The third kappa shape index (κ3) is 3.56. The van der Waals surface area contributed by atoms with E-state index >= 15 is 0 Å². The van der Waals surface area contributed by atoms with Crippen molar-refractivity contribution in [2.24, 2.45) is 0 Å². The summed E-state index contributed by atoms with van der Waals surface area (Å²) in [5, 5.41) is 2.64. The average molecular weight is 632 g/mol. The molecule has 0 fully saturated rings. The molecule has 1 nitrogen and oxygen atoms in total. The molecular weight excluding hydrogens is 599 g/mol. The molecule has 0 N–H and O–H groups in total. The fourth-order valence-corrected chi connectivity index (χ4v) is 10.1. The minimum Gasteiger partial charge on any atom is -0.310 e. The van der Waals surface area contributed by atoms with E-state index in [9.17, 15) is 0 Å². The zero-order valence-electron chi connectivity index (χ0n) is 26.9. The molecular formula is C46H33NS. The summed E-state index contributed by atoms with van der Waals surface area (Å²) in [5.74, 6) is 0. The first-order chi connectivity index (χ1) is 23.6. The first-order valence-corrected chi connectivity index (χ1v) is 17.6. The number of nitrogens with zero attached hydrogens (tertiary/aromatic N) is 1. The van der Waals surface area contributed by atoms with Gasteiger partial charge in [0, 0.05) is 42.5 Å². The molecule has 1 spiro atoms. The Morgan fingerprint density at radius 2 is 1.02 bits per heavy atom. The van der Waals surface area contributed by atoms with Crippen LogP contribution in [0.25, 0.3) is 31.3 Å². The Morgan fingerprint density at radius 1 is 0.438 bits per heavy atom. The maximum Gasteiger partial charge on any atom is 0.0720 e. The summed E-state index contributed by atoms with van der Waals surface area (Å²) in [4.78, 5) is 2.48. The van der Waals surface area contributed by atoms with E-state index in [0.29, 0.717) is 0 Å². The number of anilines is 3. The molecule has 8 aromatic rings. The number of para-hydroxylation sites is 1. The monoisotopic (exact) mass is 631 g/mol. The van der Waals surface area contributed by atoms with Crippen LogP contribution in [0.1, 0.15) is 47.2 Å². The second kappa shape index (κ2) is 10.0. The van der Waals surface area contributed by atoms with E-state index in [0.717, 1.165) is 11.4 Å². The molecule has 0 aliphatic heterocycles. The summed E-state index contributed by atoms with van der Waals surface area (Å²) in [6, 6.07) is 61.1. The van der Waals surface area contributed by atoms with Crippen LogP contribution in [-0.2, 0) is 10.8 Å². The van der Waals surface area contributed by atoms with Crippen molar-refractivity contribution in [3.8, 4) is 11.1 Å². The second-order valence-corrected chi connectivity index (χ2v) is 14.7. The summed E-state index contributed by atoms with van der Waals surface area (Å²) in [6.07, 6.45) is 0. The number of hydrogen-bond acceptors (Lipinski definition) is 2. The number of rotatable bonds is 3. The SMILES string of the molecule is CC1(C)c2ccccc2C2(c3ccccc3-c3c(N(c4ccccc4)c4ccc5c(c4)sc4ccccc45)cccc32)c2ccccc21. The van der Waals surface area contributed by atoms with Gasteiger partial charge in [0.2, 0.25) is 0 Å². The van der Waals surface area contributed by atoms with Crippen LogP contribution in [0.2, 0.25) is 0 Å². The van der Waals surface area contributed by atoms with Crippen LogP contribution in [0.15, 0.2) is 164 Å². The highest BCUT2D eigenvalue weighted by atomic mass is 32.1. The van der Waals surface area contributed by atoms with Crippen LogP contribution in [-0.4, -0.2) is 0 Å². The average Bonchev–Trinajstić information content (AvgIpc) is 3.66. The van der Waals surface area contributed by atoms with Crippen molar-refractivity contribution in [3.05, 3.63) is 197 Å². The first-order valence-electron chi connectivity index (χ1n) is 16.8. The minimum atomic E-state index is -0.428. The second-order valence-electron chi connectivity index (χ2n) is 13.7. The minimum absolute atomic E-state index is 0.122. The topological polar surface area (TPSA) is 3.24 Å². The van der Waals surface area contributed by atoms with E-state index < -0.39 is 5.41 Å². The predicted molar refractivity (Wildman–Crippen MR) is 203 cm³/mol. The highest BCUT2D eigenvalue weighted by molar-refractivity contribution is 7.25. The van der Waals surface area contributed by atoms with Gasteiger partial charge >= 0.3 is 0 Å². The molecule has 2 aliphatic rings. The smallest absolute Gasteiger partial charge is 0.0720 e. The molecule has 0 saturated heterocycles. The van der Waals surface area contributed by atoms with Crippen molar-refractivity contribution in [1.29, 1.82) is 0 Å². The number of benzene rings is 7. The number of thiophene rings is 1. The van der Waals surface area contributed by atoms with E-state index in [4.69, 9.17) is 0 Å². The Morgan fingerprint density at radius 3 is 1.77 bits per heavy atom. The van der Waals surface area contributed by atoms with Gasteiger partial charge in [0.15, 0.2) is 0 Å². The third-order valence-corrected chi connectivity index (χ3v) is 12.1. The lowest BCUT2D eigenvalue weighted by molar-refractivity contribution is 0.563. The standard InChI is InChI=1S/C46H33NS/c1-45(2)36-20-9-11-22-38(36)46(39-23-12-10-21-37(39)45)35-19-8-6-18-34(35)44-40(46)24-14-25-41(44)47(30-15-4-3-5-16-30)31-27-28-33-32-17-7-13-26-42(32)48-43(33)29-31/h3-29H,1-2H3. The Labute approximate surface area is 285 Å². The Hall–Kier alpha value is -5.44. The quantitative estimate of drug-likeness (QED) is 0.188. The van der Waals surface area contributed by atoms with Gasteiger partial charge in [-0.15, -0.1) is 11.3 Å². The van der Waals surface area contributed by atoms with Crippen LogP contribution in [0.4, 0.5) is 17.1 Å². The molecule has 1 aromatic heterocycles. The summed E-state index contributed by atoms with van der Waals surface area (Å²) in [7, 11) is 0. The van der Waals surface area contributed by atoms with Gasteiger partial charge in [-0.3, -0.25) is 0 Å². The third-order valence-electron chi connectivity index (χ3n) is 10.9. The summed E-state index contributed by atoms with van der Waals surface area (Å²) < 4.78 is 2.63. The fraction of sp³-hybridized carbons (Fsp3) is 0.0870. The number of fused-ring (bicyclic) bond motifs is 12. The Kier molecular flexibility index (Phi) is 5.78. The maximum atomic E-state index is 2.48. The first kappa shape index (κ1) is 27.7. The normalized spacial score (nSPS) is 14.8. The molecule has 0 atom stereocenters.